The Morgan fingerprint density at radius 1 is 1.27 bits per heavy atom. The second-order valence-corrected chi connectivity index (χ2v) is 10.1. The normalized spacial score (nSPS) is 26.5. The summed E-state index contributed by atoms with van der Waals surface area (Å²) in [6.07, 6.45) is 7.77. The predicted molar refractivity (Wildman–Crippen MR) is 112 cm³/mol. The number of pyridine rings is 1. The fourth-order valence-electron chi connectivity index (χ4n) is 4.38. The second-order valence-electron chi connectivity index (χ2n) is 8.27. The van der Waals surface area contributed by atoms with E-state index in [1.54, 1.807) is 4.68 Å². The summed E-state index contributed by atoms with van der Waals surface area (Å²) >= 11 is 6.32. The smallest absolute Gasteiger partial charge is 0.204 e. The van der Waals surface area contributed by atoms with Gasteiger partial charge in [0.05, 0.1) is 43.2 Å². The van der Waals surface area contributed by atoms with Crippen molar-refractivity contribution < 1.29 is 24.0 Å². The summed E-state index contributed by atoms with van der Waals surface area (Å²) in [6, 6.07) is 2.33. The first kappa shape index (κ1) is 20.8. The van der Waals surface area contributed by atoms with Crippen LogP contribution in [0.3, 0.4) is 0 Å². The Kier molecular flexibility index (Phi) is 5.88. The van der Waals surface area contributed by atoms with Crippen molar-refractivity contribution in [2.75, 3.05) is 25.1 Å². The Labute approximate surface area is 180 Å². The van der Waals surface area contributed by atoms with Crippen LogP contribution >= 0.6 is 20.0 Å². The highest BCUT2D eigenvalue weighted by molar-refractivity contribution is 7.46. The summed E-state index contributed by atoms with van der Waals surface area (Å²) in [4.78, 5) is 23.7. The molecule has 0 bridgehead atoms. The highest BCUT2D eigenvalue weighted by Gasteiger charge is 2.48. The lowest BCUT2D eigenvalue weighted by Gasteiger charge is -2.41. The van der Waals surface area contributed by atoms with Gasteiger partial charge in [-0.1, -0.05) is 24.4 Å². The molecule has 3 aliphatic rings. The third-order valence-corrected chi connectivity index (χ3v) is 7.48. The first-order valence-electron chi connectivity index (χ1n) is 10.4. The fraction of sp³-hybridized carbons (Fsp3) is 0.684. The molecule has 3 N–H and O–H groups in total. The molecule has 9 nitrogen and oxygen atoms in total. The third-order valence-electron chi connectivity index (χ3n) is 6.17. The van der Waals surface area contributed by atoms with Crippen molar-refractivity contribution >= 4 is 36.7 Å². The molecule has 30 heavy (non-hydrogen) atoms. The molecule has 0 spiro atoms. The average Bonchev–Trinajstić information content (AvgIpc) is 3.40. The zero-order chi connectivity index (χ0) is 20.7. The maximum Gasteiger partial charge on any atom is 0.204 e. The van der Waals surface area contributed by atoms with Crippen molar-refractivity contribution in [1.82, 2.24) is 14.8 Å². The van der Waals surface area contributed by atoms with Crippen molar-refractivity contribution in [1.29, 1.82) is 0 Å². The van der Waals surface area contributed by atoms with E-state index in [4.69, 9.17) is 25.8 Å². The standard InChI is InChI=1S/C19H26ClN4O5P/c20-16-7-15(22-12-3-1-2-4-12)14-8-21-24(18(14)23-16)17-6-5-13(29-17)9-28-19(30(25)26)10-27-11-19/h7-8,12-13,17,25-26H,1-6,9-11H2,(H,22,23). The second kappa shape index (κ2) is 8.47. The van der Waals surface area contributed by atoms with E-state index >= 15 is 0 Å². The molecule has 2 aliphatic heterocycles. The Morgan fingerprint density at radius 3 is 2.77 bits per heavy atom. The average molecular weight is 457 g/mol. The number of hydrogen-bond donors (Lipinski definition) is 3. The summed E-state index contributed by atoms with van der Waals surface area (Å²) in [6.45, 7) is 0.678. The summed E-state index contributed by atoms with van der Waals surface area (Å²) < 4.78 is 18.8. The predicted octanol–water partition coefficient (Wildman–Crippen LogP) is 3.16. The Hall–Kier alpha value is -1.06. The number of rotatable bonds is 7. The van der Waals surface area contributed by atoms with E-state index in [1.807, 2.05) is 12.3 Å². The van der Waals surface area contributed by atoms with E-state index in [0.717, 1.165) is 23.9 Å². The van der Waals surface area contributed by atoms with Crippen LogP contribution in [0.25, 0.3) is 11.0 Å². The Morgan fingerprint density at radius 2 is 2.07 bits per heavy atom. The van der Waals surface area contributed by atoms with E-state index in [-0.39, 0.29) is 32.2 Å². The van der Waals surface area contributed by atoms with Crippen molar-refractivity contribution in [2.45, 2.75) is 62.2 Å². The van der Waals surface area contributed by atoms with Gasteiger partial charge in [0, 0.05) is 6.04 Å². The first-order chi connectivity index (χ1) is 14.5. The summed E-state index contributed by atoms with van der Waals surface area (Å²) in [5.74, 6) is 0. The van der Waals surface area contributed by atoms with Crippen molar-refractivity contribution in [2.24, 2.45) is 0 Å². The van der Waals surface area contributed by atoms with Crippen molar-refractivity contribution in [3.05, 3.63) is 17.4 Å². The number of aromatic nitrogens is 3. The monoisotopic (exact) mass is 456 g/mol. The van der Waals surface area contributed by atoms with Gasteiger partial charge in [0.25, 0.3) is 0 Å². The lowest BCUT2D eigenvalue weighted by Crippen LogP contribution is -2.51. The molecule has 4 heterocycles. The van der Waals surface area contributed by atoms with Crippen LogP contribution in [0.4, 0.5) is 5.69 Å². The van der Waals surface area contributed by atoms with E-state index in [0.29, 0.717) is 16.8 Å². The fourth-order valence-corrected chi connectivity index (χ4v) is 5.17. The van der Waals surface area contributed by atoms with Crippen LogP contribution in [0, 0.1) is 0 Å². The zero-order valence-electron chi connectivity index (χ0n) is 16.5. The summed E-state index contributed by atoms with van der Waals surface area (Å²) in [5, 5.41) is 8.53. The Balaban J connectivity index is 1.29. The van der Waals surface area contributed by atoms with Gasteiger partial charge in [0.15, 0.2) is 17.2 Å². The number of nitrogens with one attached hydrogen (secondary N) is 1. The molecule has 2 saturated heterocycles. The molecule has 2 unspecified atom stereocenters. The van der Waals surface area contributed by atoms with Gasteiger partial charge in [-0.25, -0.2) is 9.67 Å². The Bertz CT molecular complexity index is 902. The molecule has 11 heteroatoms. The third kappa shape index (κ3) is 3.93. The van der Waals surface area contributed by atoms with Crippen LogP contribution in [0.2, 0.25) is 5.15 Å². The highest BCUT2D eigenvalue weighted by atomic mass is 35.5. The topological polar surface area (TPSA) is 111 Å². The molecule has 1 aliphatic carbocycles. The molecule has 164 valence electrons. The number of anilines is 1. The van der Waals surface area contributed by atoms with Crippen LogP contribution < -0.4 is 5.32 Å². The van der Waals surface area contributed by atoms with Crippen LogP contribution in [0.5, 0.6) is 0 Å². The minimum Gasteiger partial charge on any atom is -0.382 e. The van der Waals surface area contributed by atoms with Gasteiger partial charge >= 0.3 is 0 Å². The number of fused-ring (bicyclic) bond motifs is 1. The van der Waals surface area contributed by atoms with Gasteiger partial charge in [-0.05, 0) is 31.7 Å². The molecule has 2 aromatic rings. The molecule has 0 amide bonds. The maximum atomic E-state index is 9.60. The van der Waals surface area contributed by atoms with Crippen molar-refractivity contribution in [3.8, 4) is 0 Å². The zero-order valence-corrected chi connectivity index (χ0v) is 18.2. The molecule has 5 rings (SSSR count). The van der Waals surface area contributed by atoms with Crippen LogP contribution in [-0.2, 0) is 14.2 Å². The number of halogens is 1. The van der Waals surface area contributed by atoms with Gasteiger partial charge in [0.2, 0.25) is 8.38 Å². The molecule has 0 aromatic carbocycles. The molecule has 3 fully saturated rings. The van der Waals surface area contributed by atoms with Gasteiger partial charge in [-0.2, -0.15) is 5.10 Å². The lowest BCUT2D eigenvalue weighted by molar-refractivity contribution is -0.181. The number of hydrogen-bond acceptors (Lipinski definition) is 8. The lowest BCUT2D eigenvalue weighted by atomic mass is 10.2. The van der Waals surface area contributed by atoms with Crippen LogP contribution in [0.15, 0.2) is 12.3 Å². The maximum absolute atomic E-state index is 9.60. The molecule has 2 atom stereocenters. The molecular weight excluding hydrogens is 431 g/mol. The van der Waals surface area contributed by atoms with E-state index in [1.165, 1.54) is 25.7 Å². The van der Waals surface area contributed by atoms with Gasteiger partial charge in [0.1, 0.15) is 5.15 Å². The minimum atomic E-state index is -2.22. The largest absolute Gasteiger partial charge is 0.382 e. The minimum absolute atomic E-state index is 0.156. The van der Waals surface area contributed by atoms with E-state index in [9.17, 15) is 9.79 Å². The van der Waals surface area contributed by atoms with E-state index in [2.05, 4.69) is 15.4 Å². The molecule has 1 saturated carbocycles. The van der Waals surface area contributed by atoms with Crippen molar-refractivity contribution in [3.63, 3.8) is 0 Å². The number of ether oxygens (including phenoxy) is 3. The molecular formula is C19H26ClN4O5P. The quantitative estimate of drug-likeness (QED) is 0.430. The van der Waals surface area contributed by atoms with Crippen LogP contribution in [-0.4, -0.2) is 61.9 Å². The van der Waals surface area contributed by atoms with Gasteiger partial charge < -0.3 is 29.3 Å². The highest BCUT2D eigenvalue weighted by Crippen LogP contribution is 2.48. The number of nitrogens with zero attached hydrogens (tertiary/aromatic N) is 3. The van der Waals surface area contributed by atoms with E-state index < -0.39 is 13.7 Å². The van der Waals surface area contributed by atoms with Crippen LogP contribution in [0.1, 0.15) is 44.8 Å². The molecule has 2 aromatic heterocycles. The summed E-state index contributed by atoms with van der Waals surface area (Å²) in [7, 11) is -2.22. The summed E-state index contributed by atoms with van der Waals surface area (Å²) in [5.41, 5.74) is 1.67. The first-order valence-corrected chi connectivity index (χ1v) is 12.0. The van der Waals surface area contributed by atoms with Gasteiger partial charge in [-0.15, -0.1) is 0 Å². The SMILES string of the molecule is OP(O)C1(OCC2CCC(n3ncc4c(NC5CCCC5)cc(Cl)nc43)O2)COC1. The molecule has 0 radical (unpaired) electrons. The van der Waals surface area contributed by atoms with Gasteiger partial charge in [-0.3, -0.25) is 0 Å².